The van der Waals surface area contributed by atoms with Gasteiger partial charge in [-0.25, -0.2) is 0 Å². The van der Waals surface area contributed by atoms with Crippen LogP contribution in [0.1, 0.15) is 50.0 Å². The van der Waals surface area contributed by atoms with Gasteiger partial charge in [0.2, 0.25) is 5.91 Å². The summed E-state index contributed by atoms with van der Waals surface area (Å²) in [5, 5.41) is 8.36. The maximum absolute atomic E-state index is 12.5. The van der Waals surface area contributed by atoms with E-state index < -0.39 is 0 Å². The normalized spacial score (nSPS) is 17.9. The zero-order valence-electron chi connectivity index (χ0n) is 15.0. The van der Waals surface area contributed by atoms with E-state index in [4.69, 9.17) is 4.74 Å². The molecule has 6 nitrogen and oxygen atoms in total. The van der Waals surface area contributed by atoms with E-state index in [1.807, 2.05) is 35.2 Å². The molecule has 1 unspecified atom stereocenters. The number of benzene rings is 1. The minimum Gasteiger partial charge on any atom is -0.367 e. The lowest BCUT2D eigenvalue weighted by Crippen LogP contribution is -2.41. The molecule has 1 fully saturated rings. The molecule has 0 radical (unpaired) electrons. The first-order valence-electron chi connectivity index (χ1n) is 8.94. The lowest BCUT2D eigenvalue weighted by atomic mass is 9.97. The Hall–Kier alpha value is -2.21. The van der Waals surface area contributed by atoms with Crippen molar-refractivity contribution in [2.24, 2.45) is 0 Å². The van der Waals surface area contributed by atoms with Crippen LogP contribution < -0.4 is 0 Å². The fraction of sp³-hybridized carbons (Fsp3) is 0.526. The zero-order valence-corrected chi connectivity index (χ0v) is 15.0. The fourth-order valence-electron chi connectivity index (χ4n) is 3.28. The maximum atomic E-state index is 12.5. The van der Waals surface area contributed by atoms with E-state index in [0.717, 1.165) is 30.8 Å². The van der Waals surface area contributed by atoms with Crippen molar-refractivity contribution in [1.29, 1.82) is 0 Å². The van der Waals surface area contributed by atoms with Crippen molar-refractivity contribution in [1.82, 2.24) is 19.7 Å². The molecule has 134 valence electrons. The molecule has 0 spiro atoms. The van der Waals surface area contributed by atoms with Crippen LogP contribution in [-0.4, -0.2) is 45.3 Å². The second kappa shape index (κ2) is 8.25. The zero-order chi connectivity index (χ0) is 17.6. The molecule has 6 heteroatoms. The third-order valence-corrected chi connectivity index (χ3v) is 4.63. The highest BCUT2D eigenvalue weighted by Crippen LogP contribution is 2.27. The predicted octanol–water partition coefficient (Wildman–Crippen LogP) is 2.78. The van der Waals surface area contributed by atoms with Crippen LogP contribution in [0.5, 0.6) is 0 Å². The van der Waals surface area contributed by atoms with Crippen LogP contribution in [0, 0.1) is 0 Å². The molecule has 1 aromatic carbocycles. The smallest absolute Gasteiger partial charge is 0.248 e. The number of ether oxygens (including phenoxy) is 1. The molecule has 2 aromatic rings. The van der Waals surface area contributed by atoms with Gasteiger partial charge in [-0.3, -0.25) is 4.79 Å². The lowest BCUT2D eigenvalue weighted by Gasteiger charge is -2.32. The maximum Gasteiger partial charge on any atom is 0.248 e. The Morgan fingerprint density at radius 3 is 2.88 bits per heavy atom. The van der Waals surface area contributed by atoms with Crippen LogP contribution in [0.3, 0.4) is 0 Å². The van der Waals surface area contributed by atoms with Crippen LogP contribution in [0.25, 0.3) is 0 Å². The lowest BCUT2D eigenvalue weighted by molar-refractivity contribution is -0.137. The average molecular weight is 342 g/mol. The minimum absolute atomic E-state index is 0.0521. The molecule has 1 amide bonds. The van der Waals surface area contributed by atoms with Crippen molar-refractivity contribution < 1.29 is 9.53 Å². The first kappa shape index (κ1) is 17.6. The summed E-state index contributed by atoms with van der Waals surface area (Å²) in [4.78, 5) is 14.4. The molecule has 25 heavy (non-hydrogen) atoms. The number of rotatable bonds is 6. The Kier molecular flexibility index (Phi) is 5.81. The summed E-state index contributed by atoms with van der Waals surface area (Å²) in [5.74, 6) is 1.28. The fourth-order valence-corrected chi connectivity index (χ4v) is 3.28. The molecule has 1 atom stereocenters. The summed E-state index contributed by atoms with van der Waals surface area (Å²) in [6, 6.07) is 10.2. The number of hydrogen-bond acceptors (Lipinski definition) is 4. The third-order valence-electron chi connectivity index (χ3n) is 4.63. The van der Waals surface area contributed by atoms with E-state index in [0.29, 0.717) is 19.2 Å². The molecule has 1 aromatic heterocycles. The summed E-state index contributed by atoms with van der Waals surface area (Å²) < 4.78 is 7.70. The van der Waals surface area contributed by atoms with Gasteiger partial charge >= 0.3 is 0 Å². The van der Waals surface area contributed by atoms with Crippen molar-refractivity contribution in [3.8, 4) is 0 Å². The number of likely N-dealkylation sites (tertiary alicyclic amines) is 1. The number of carbonyl (C=O) groups excluding carboxylic acids is 1. The van der Waals surface area contributed by atoms with Crippen LogP contribution in [-0.2, 0) is 16.1 Å². The third kappa shape index (κ3) is 4.45. The van der Waals surface area contributed by atoms with Crippen molar-refractivity contribution >= 4 is 5.91 Å². The van der Waals surface area contributed by atoms with Crippen molar-refractivity contribution in [2.75, 3.05) is 19.7 Å². The van der Waals surface area contributed by atoms with E-state index in [1.165, 1.54) is 0 Å². The van der Waals surface area contributed by atoms with Gasteiger partial charge in [0.1, 0.15) is 18.8 Å². The molecule has 3 rings (SSSR count). The highest BCUT2D eigenvalue weighted by atomic mass is 16.5. The summed E-state index contributed by atoms with van der Waals surface area (Å²) in [6.45, 7) is 6.31. The van der Waals surface area contributed by atoms with Gasteiger partial charge in [-0.05, 0) is 32.3 Å². The van der Waals surface area contributed by atoms with Gasteiger partial charge in [-0.2, -0.15) is 0 Å². The van der Waals surface area contributed by atoms with E-state index >= 15 is 0 Å². The molecule has 1 saturated heterocycles. The number of nitrogens with zero attached hydrogens (tertiary/aromatic N) is 4. The molecule has 1 aliphatic rings. The van der Waals surface area contributed by atoms with Crippen LogP contribution in [0.4, 0.5) is 0 Å². The van der Waals surface area contributed by atoms with Crippen molar-refractivity contribution in [3.05, 3.63) is 48.0 Å². The van der Waals surface area contributed by atoms with Gasteiger partial charge in [-0.1, -0.05) is 30.3 Å². The summed E-state index contributed by atoms with van der Waals surface area (Å²) >= 11 is 0. The summed E-state index contributed by atoms with van der Waals surface area (Å²) in [6.07, 6.45) is 3.81. The number of piperidine rings is 1. The number of amides is 1. The average Bonchev–Trinajstić information content (AvgIpc) is 3.13. The first-order valence-corrected chi connectivity index (χ1v) is 8.94. The van der Waals surface area contributed by atoms with Gasteiger partial charge in [-0.15, -0.1) is 10.2 Å². The van der Waals surface area contributed by atoms with Crippen molar-refractivity contribution in [3.63, 3.8) is 0 Å². The Bertz CT molecular complexity index is 684. The molecular weight excluding hydrogens is 316 g/mol. The summed E-state index contributed by atoms with van der Waals surface area (Å²) in [7, 11) is 0. The molecule has 0 saturated carbocycles. The van der Waals surface area contributed by atoms with Gasteiger partial charge in [0, 0.05) is 25.0 Å². The monoisotopic (exact) mass is 342 g/mol. The van der Waals surface area contributed by atoms with Gasteiger partial charge in [0.15, 0.2) is 0 Å². The second-order valence-corrected chi connectivity index (χ2v) is 6.85. The van der Waals surface area contributed by atoms with Gasteiger partial charge in [0.25, 0.3) is 0 Å². The predicted molar refractivity (Wildman–Crippen MR) is 95.1 cm³/mol. The van der Waals surface area contributed by atoms with Gasteiger partial charge in [0.05, 0.1) is 6.61 Å². The quantitative estimate of drug-likeness (QED) is 0.810. The van der Waals surface area contributed by atoms with E-state index in [2.05, 4.69) is 28.6 Å². The van der Waals surface area contributed by atoms with Crippen LogP contribution >= 0.6 is 0 Å². The topological polar surface area (TPSA) is 60.2 Å². The van der Waals surface area contributed by atoms with Crippen LogP contribution in [0.15, 0.2) is 36.7 Å². The van der Waals surface area contributed by atoms with Crippen LogP contribution in [0.2, 0.25) is 0 Å². The number of hydrogen-bond donors (Lipinski definition) is 0. The highest BCUT2D eigenvalue weighted by Gasteiger charge is 2.28. The van der Waals surface area contributed by atoms with E-state index in [-0.39, 0.29) is 18.4 Å². The van der Waals surface area contributed by atoms with Gasteiger partial charge < -0.3 is 14.2 Å². The number of carbonyl (C=O) groups is 1. The molecule has 0 bridgehead atoms. The van der Waals surface area contributed by atoms with E-state index in [9.17, 15) is 4.79 Å². The molecule has 1 aliphatic heterocycles. The minimum atomic E-state index is 0.0521. The molecule has 2 heterocycles. The standard InChI is InChI=1S/C19H26N4O2/c1-15(2)23-14-20-21-19(23)17-9-6-10-22(11-17)18(24)13-25-12-16-7-4-3-5-8-16/h3-5,7-8,14-15,17H,6,9-13H2,1-2H3. The summed E-state index contributed by atoms with van der Waals surface area (Å²) in [5.41, 5.74) is 1.08. The largest absolute Gasteiger partial charge is 0.367 e. The Morgan fingerprint density at radius 2 is 2.12 bits per heavy atom. The molecule has 0 N–H and O–H groups in total. The molecule has 0 aliphatic carbocycles. The SMILES string of the molecule is CC(C)n1cnnc1C1CCCN(C(=O)COCc2ccccc2)C1. The Labute approximate surface area is 148 Å². The first-order chi connectivity index (χ1) is 12.1. The Morgan fingerprint density at radius 1 is 1.32 bits per heavy atom. The van der Waals surface area contributed by atoms with Crippen molar-refractivity contribution in [2.45, 2.75) is 45.3 Å². The second-order valence-electron chi connectivity index (χ2n) is 6.85. The highest BCUT2D eigenvalue weighted by molar-refractivity contribution is 5.77. The Balaban J connectivity index is 1.54. The number of aromatic nitrogens is 3. The molecular formula is C19H26N4O2. The van der Waals surface area contributed by atoms with E-state index in [1.54, 1.807) is 6.33 Å².